The molecule has 0 radical (unpaired) electrons. The highest BCUT2D eigenvalue weighted by molar-refractivity contribution is 5.75. The third-order valence-corrected chi connectivity index (χ3v) is 2.05. The number of alkyl halides is 3. The number of hydrogen-bond donors (Lipinski definition) is 1. The van der Waals surface area contributed by atoms with Gasteiger partial charge in [0.05, 0.1) is 17.9 Å². The van der Waals surface area contributed by atoms with Crippen LogP contribution in [0.3, 0.4) is 0 Å². The minimum atomic E-state index is -4.57. The Labute approximate surface area is 107 Å². The molecular formula is C11H10F3N3O2. The van der Waals surface area contributed by atoms with Gasteiger partial charge in [0.25, 0.3) is 0 Å². The smallest absolute Gasteiger partial charge is 0.417 e. The van der Waals surface area contributed by atoms with Crippen molar-refractivity contribution in [2.45, 2.75) is 13.1 Å². The molecule has 0 aliphatic rings. The van der Waals surface area contributed by atoms with Crippen LogP contribution in [0.2, 0.25) is 0 Å². The topological polar surface area (TPSA) is 75.0 Å². The summed E-state index contributed by atoms with van der Waals surface area (Å²) in [7, 11) is 0. The zero-order valence-electron chi connectivity index (χ0n) is 9.91. The van der Waals surface area contributed by atoms with E-state index in [2.05, 4.69) is 15.0 Å². The molecular weight excluding hydrogens is 263 g/mol. The average Bonchev–Trinajstić information content (AvgIpc) is 2.35. The molecule has 0 aromatic carbocycles. The maximum Gasteiger partial charge on any atom is 0.417 e. The average molecular weight is 273 g/mol. The maximum atomic E-state index is 12.5. The highest BCUT2D eigenvalue weighted by atomic mass is 19.4. The van der Waals surface area contributed by atoms with Crippen LogP contribution >= 0.6 is 0 Å². The van der Waals surface area contributed by atoms with Crippen LogP contribution in [0.1, 0.15) is 18.2 Å². The summed E-state index contributed by atoms with van der Waals surface area (Å²) >= 11 is 0. The lowest BCUT2D eigenvalue weighted by molar-refractivity contribution is -0.141. The third kappa shape index (κ3) is 4.13. The summed E-state index contributed by atoms with van der Waals surface area (Å²) in [5, 5.41) is 11.1. The fourth-order valence-corrected chi connectivity index (χ4v) is 1.22. The molecule has 0 atom stereocenters. The Morgan fingerprint density at radius 3 is 2.79 bits per heavy atom. The van der Waals surface area contributed by atoms with Gasteiger partial charge in [0.1, 0.15) is 12.6 Å². The molecule has 0 saturated heterocycles. The van der Waals surface area contributed by atoms with Gasteiger partial charge in [-0.25, -0.2) is 4.98 Å². The van der Waals surface area contributed by atoms with E-state index in [4.69, 9.17) is 5.26 Å². The van der Waals surface area contributed by atoms with Crippen molar-refractivity contribution in [2.75, 3.05) is 18.5 Å². The van der Waals surface area contributed by atoms with E-state index in [9.17, 15) is 18.0 Å². The normalized spacial score (nSPS) is 10.7. The molecule has 1 N–H and O–H groups in total. The van der Waals surface area contributed by atoms with Gasteiger partial charge >= 0.3 is 12.1 Å². The molecule has 5 nitrogen and oxygen atoms in total. The Bertz CT molecular complexity index is 509. The zero-order chi connectivity index (χ0) is 14.5. The molecule has 0 saturated carbocycles. The van der Waals surface area contributed by atoms with Gasteiger partial charge in [-0.1, -0.05) is 0 Å². The standard InChI is InChI=1S/C11H10F3N3O2/c1-2-19-10(18)6-17-8-3-7(11(12,13)14)5-16-9(8)4-15/h3,5,17H,2,6H2,1H3. The first-order valence-electron chi connectivity index (χ1n) is 5.25. The number of anilines is 1. The van der Waals surface area contributed by atoms with Gasteiger partial charge < -0.3 is 10.1 Å². The van der Waals surface area contributed by atoms with E-state index in [1.807, 2.05) is 0 Å². The fourth-order valence-electron chi connectivity index (χ4n) is 1.22. The Kier molecular flexibility index (Phi) is 4.69. The molecule has 0 fully saturated rings. The fraction of sp³-hybridized carbons (Fsp3) is 0.364. The number of esters is 1. The lowest BCUT2D eigenvalue weighted by Crippen LogP contribution is -2.18. The van der Waals surface area contributed by atoms with Crippen LogP contribution < -0.4 is 5.32 Å². The van der Waals surface area contributed by atoms with Gasteiger partial charge in [-0.3, -0.25) is 4.79 Å². The first kappa shape index (κ1) is 14.8. The van der Waals surface area contributed by atoms with Crippen molar-refractivity contribution in [2.24, 2.45) is 0 Å². The second-order valence-electron chi connectivity index (χ2n) is 3.39. The van der Waals surface area contributed by atoms with Gasteiger partial charge in [0, 0.05) is 6.20 Å². The summed E-state index contributed by atoms with van der Waals surface area (Å²) in [6.07, 6.45) is -4.00. The van der Waals surface area contributed by atoms with Crippen molar-refractivity contribution in [3.05, 3.63) is 23.5 Å². The van der Waals surface area contributed by atoms with Crippen molar-refractivity contribution < 1.29 is 22.7 Å². The van der Waals surface area contributed by atoms with Gasteiger partial charge in [-0.2, -0.15) is 18.4 Å². The Morgan fingerprint density at radius 1 is 1.58 bits per heavy atom. The molecule has 102 valence electrons. The number of hydrogen-bond acceptors (Lipinski definition) is 5. The molecule has 8 heteroatoms. The number of pyridine rings is 1. The number of carbonyl (C=O) groups excluding carboxylic acids is 1. The van der Waals surface area contributed by atoms with E-state index in [1.54, 1.807) is 13.0 Å². The lowest BCUT2D eigenvalue weighted by Gasteiger charge is -2.11. The Hall–Kier alpha value is -2.30. The molecule has 1 rings (SSSR count). The molecule has 0 aliphatic carbocycles. The van der Waals surface area contributed by atoms with Crippen LogP contribution in [0, 0.1) is 11.3 Å². The number of aromatic nitrogens is 1. The predicted molar refractivity (Wildman–Crippen MR) is 59.1 cm³/mol. The van der Waals surface area contributed by atoms with Gasteiger partial charge in [0.2, 0.25) is 0 Å². The van der Waals surface area contributed by atoms with Crippen LogP contribution in [-0.4, -0.2) is 24.1 Å². The Morgan fingerprint density at radius 2 is 2.26 bits per heavy atom. The number of nitriles is 1. The minimum absolute atomic E-state index is 0.159. The largest absolute Gasteiger partial charge is 0.465 e. The molecule has 0 amide bonds. The number of nitrogens with one attached hydrogen (secondary N) is 1. The summed E-state index contributed by atoms with van der Waals surface area (Å²) in [6.45, 7) is 1.42. The third-order valence-electron chi connectivity index (χ3n) is 2.05. The summed E-state index contributed by atoms with van der Waals surface area (Å²) in [4.78, 5) is 14.5. The molecule has 1 aromatic rings. The van der Waals surface area contributed by atoms with Crippen LogP contribution in [-0.2, 0) is 15.7 Å². The van der Waals surface area contributed by atoms with Crippen molar-refractivity contribution >= 4 is 11.7 Å². The van der Waals surface area contributed by atoms with Crippen molar-refractivity contribution in [1.82, 2.24) is 4.98 Å². The summed E-state index contributed by atoms with van der Waals surface area (Å²) < 4.78 is 42.1. The first-order valence-corrected chi connectivity index (χ1v) is 5.25. The lowest BCUT2D eigenvalue weighted by atomic mass is 10.2. The molecule has 0 aliphatic heterocycles. The van der Waals surface area contributed by atoms with Gasteiger partial charge in [-0.05, 0) is 13.0 Å². The van der Waals surface area contributed by atoms with Crippen LogP contribution in [0.4, 0.5) is 18.9 Å². The van der Waals surface area contributed by atoms with Crippen molar-refractivity contribution in [1.29, 1.82) is 5.26 Å². The van der Waals surface area contributed by atoms with Gasteiger partial charge in [-0.15, -0.1) is 0 Å². The molecule has 1 heterocycles. The zero-order valence-corrected chi connectivity index (χ0v) is 9.91. The van der Waals surface area contributed by atoms with Crippen LogP contribution in [0.15, 0.2) is 12.3 Å². The highest BCUT2D eigenvalue weighted by Gasteiger charge is 2.31. The molecule has 0 bridgehead atoms. The van der Waals surface area contributed by atoms with Crippen molar-refractivity contribution in [3.63, 3.8) is 0 Å². The van der Waals surface area contributed by atoms with E-state index in [0.717, 1.165) is 6.07 Å². The van der Waals surface area contributed by atoms with Crippen LogP contribution in [0.25, 0.3) is 0 Å². The molecule has 19 heavy (non-hydrogen) atoms. The molecule has 0 unspecified atom stereocenters. The van der Waals surface area contributed by atoms with Crippen molar-refractivity contribution in [3.8, 4) is 6.07 Å². The molecule has 0 spiro atoms. The SMILES string of the molecule is CCOC(=O)CNc1cc(C(F)(F)F)cnc1C#N. The van der Waals surface area contributed by atoms with Gasteiger partial charge in [0.15, 0.2) is 5.69 Å². The number of nitrogens with zero attached hydrogens (tertiary/aromatic N) is 2. The van der Waals surface area contributed by atoms with Crippen LogP contribution in [0.5, 0.6) is 0 Å². The van der Waals surface area contributed by atoms with E-state index >= 15 is 0 Å². The maximum absolute atomic E-state index is 12.5. The quantitative estimate of drug-likeness (QED) is 0.848. The summed E-state index contributed by atoms with van der Waals surface area (Å²) in [5.41, 5.74) is -1.39. The second-order valence-corrected chi connectivity index (χ2v) is 3.39. The number of ether oxygens (including phenoxy) is 1. The number of rotatable bonds is 4. The summed E-state index contributed by atoms with van der Waals surface area (Å²) in [5.74, 6) is -0.635. The highest BCUT2D eigenvalue weighted by Crippen LogP contribution is 2.30. The predicted octanol–water partition coefficient (Wildman–Crippen LogP) is 1.95. The number of halogens is 3. The monoisotopic (exact) mass is 273 g/mol. The minimum Gasteiger partial charge on any atom is -0.465 e. The van der Waals surface area contributed by atoms with E-state index in [0.29, 0.717) is 6.20 Å². The van der Waals surface area contributed by atoms with E-state index < -0.39 is 17.7 Å². The number of carbonyl (C=O) groups is 1. The van der Waals surface area contributed by atoms with E-state index in [1.165, 1.54) is 0 Å². The summed E-state index contributed by atoms with van der Waals surface area (Å²) in [6, 6.07) is 2.36. The second kappa shape index (κ2) is 6.04. The molecule has 1 aromatic heterocycles. The first-order chi connectivity index (χ1) is 8.88. The van der Waals surface area contributed by atoms with E-state index in [-0.39, 0.29) is 24.5 Å². The Balaban J connectivity index is 2.92.